The van der Waals surface area contributed by atoms with Crippen LogP contribution in [0.25, 0.3) is 22.4 Å². The largest absolute Gasteiger partial charge is 0.363 e. The van der Waals surface area contributed by atoms with Gasteiger partial charge < -0.3 is 4.90 Å². The third kappa shape index (κ3) is 4.14. The van der Waals surface area contributed by atoms with Crippen molar-refractivity contribution >= 4 is 17.4 Å². The molecule has 3 aromatic rings. The van der Waals surface area contributed by atoms with Gasteiger partial charge in [-0.25, -0.2) is 9.97 Å². The van der Waals surface area contributed by atoms with E-state index in [9.17, 15) is 10.1 Å². The molecule has 0 aliphatic carbocycles. The van der Waals surface area contributed by atoms with E-state index in [2.05, 4.69) is 22.4 Å². The van der Waals surface area contributed by atoms with E-state index in [0.29, 0.717) is 22.6 Å². The molecule has 0 saturated heterocycles. The number of nitrogens with one attached hydrogen (secondary N) is 1. The summed E-state index contributed by atoms with van der Waals surface area (Å²) in [5, 5.41) is 12.0. The normalized spacial score (nSPS) is 10.1. The molecule has 30 heavy (non-hydrogen) atoms. The smallest absolute Gasteiger partial charge is 0.163 e. The molecule has 6 nitrogen and oxygen atoms in total. The summed E-state index contributed by atoms with van der Waals surface area (Å²) in [6.45, 7) is 3.39. The maximum Gasteiger partial charge on any atom is 0.163 e. The molecular formula is C24H21N5O. The van der Waals surface area contributed by atoms with Crippen molar-refractivity contribution in [3.05, 3.63) is 59.3 Å². The third-order valence-electron chi connectivity index (χ3n) is 4.57. The predicted molar refractivity (Wildman–Crippen MR) is 119 cm³/mol. The highest BCUT2D eigenvalue weighted by atomic mass is 16.1. The molecule has 0 aliphatic heterocycles. The van der Waals surface area contributed by atoms with Crippen molar-refractivity contribution in [2.75, 3.05) is 24.3 Å². The molecule has 2 aromatic heterocycles. The van der Waals surface area contributed by atoms with Gasteiger partial charge in [-0.1, -0.05) is 18.6 Å². The third-order valence-corrected chi connectivity index (χ3v) is 4.57. The lowest BCUT2D eigenvalue weighted by Gasteiger charge is -2.17. The van der Waals surface area contributed by atoms with E-state index in [1.54, 1.807) is 24.3 Å². The van der Waals surface area contributed by atoms with Crippen LogP contribution < -0.4 is 10.2 Å². The number of carbonyl (C=O) groups excluding carboxylic acids is 1. The number of anilines is 2. The van der Waals surface area contributed by atoms with Gasteiger partial charge in [0.1, 0.15) is 11.6 Å². The van der Waals surface area contributed by atoms with Crippen molar-refractivity contribution < 1.29 is 4.79 Å². The van der Waals surface area contributed by atoms with E-state index < -0.39 is 0 Å². The van der Waals surface area contributed by atoms with Crippen molar-refractivity contribution in [1.29, 1.82) is 5.26 Å². The van der Waals surface area contributed by atoms with Crippen LogP contribution in [0.2, 0.25) is 0 Å². The Bertz CT molecular complexity index is 1220. The first-order valence-corrected chi connectivity index (χ1v) is 9.28. The lowest BCUT2D eigenvalue weighted by Crippen LogP contribution is -2.11. The molecule has 0 fully saturated rings. The van der Waals surface area contributed by atoms with Gasteiger partial charge in [0.15, 0.2) is 5.78 Å². The van der Waals surface area contributed by atoms with Crippen LogP contribution in [0.5, 0.6) is 0 Å². The zero-order chi connectivity index (χ0) is 21.8. The standard InChI is InChI=1S/C24H21N5O/c1-6-26-24-20(16(3)30)13-21(19-10-15(2)27-22(12-19)29(4)5)23(28-24)18-9-7-8-17(11-18)14-25/h1,7-13H,2-5H3,(H,26,28). The molecule has 3 rings (SSSR count). The minimum Gasteiger partial charge on any atom is -0.363 e. The van der Waals surface area contributed by atoms with E-state index in [1.807, 2.05) is 44.1 Å². The molecule has 0 amide bonds. The molecule has 0 atom stereocenters. The molecule has 0 saturated carbocycles. The minimum absolute atomic E-state index is 0.155. The van der Waals surface area contributed by atoms with Crippen molar-refractivity contribution in [3.8, 4) is 40.9 Å². The molecular weight excluding hydrogens is 374 g/mol. The molecule has 0 spiro atoms. The van der Waals surface area contributed by atoms with Crippen LogP contribution in [-0.2, 0) is 0 Å². The maximum atomic E-state index is 12.3. The summed E-state index contributed by atoms with van der Waals surface area (Å²) in [6, 6.07) is 17.3. The Hall–Kier alpha value is -4.16. The number of nitriles is 1. The molecule has 0 bridgehead atoms. The van der Waals surface area contributed by atoms with E-state index >= 15 is 0 Å². The van der Waals surface area contributed by atoms with Gasteiger partial charge in [0.2, 0.25) is 0 Å². The maximum absolute atomic E-state index is 12.3. The monoisotopic (exact) mass is 395 g/mol. The van der Waals surface area contributed by atoms with E-state index in [4.69, 9.17) is 11.4 Å². The van der Waals surface area contributed by atoms with Gasteiger partial charge in [0.25, 0.3) is 0 Å². The molecule has 0 aliphatic rings. The number of terminal acetylenes is 1. The van der Waals surface area contributed by atoms with Crippen molar-refractivity contribution in [2.45, 2.75) is 13.8 Å². The van der Waals surface area contributed by atoms with Crippen LogP contribution in [0, 0.1) is 30.7 Å². The fraction of sp³-hybridized carbons (Fsp3) is 0.167. The summed E-state index contributed by atoms with van der Waals surface area (Å²) >= 11 is 0. The first kappa shape index (κ1) is 20.6. The van der Waals surface area contributed by atoms with Crippen molar-refractivity contribution in [3.63, 3.8) is 0 Å². The Kier molecular flexibility index (Phi) is 5.80. The summed E-state index contributed by atoms with van der Waals surface area (Å²) in [4.78, 5) is 23.5. The second kappa shape index (κ2) is 8.46. The van der Waals surface area contributed by atoms with Gasteiger partial charge in [0.05, 0.1) is 22.9 Å². The molecule has 1 N–H and O–H groups in total. The van der Waals surface area contributed by atoms with Crippen LogP contribution >= 0.6 is 0 Å². The number of Topliss-reactive ketones (excluding diaryl/α,β-unsaturated/α-hetero) is 1. The predicted octanol–water partition coefficient (Wildman–Crippen LogP) is 4.26. The Morgan fingerprint density at radius 1 is 1.13 bits per heavy atom. The quantitative estimate of drug-likeness (QED) is 0.395. The summed E-state index contributed by atoms with van der Waals surface area (Å²) < 4.78 is 0. The Morgan fingerprint density at radius 2 is 1.90 bits per heavy atom. The van der Waals surface area contributed by atoms with Gasteiger partial charge in [-0.15, -0.1) is 0 Å². The van der Waals surface area contributed by atoms with Crippen LogP contribution in [0.4, 0.5) is 11.6 Å². The van der Waals surface area contributed by atoms with E-state index in [1.165, 1.54) is 6.92 Å². The zero-order valence-electron chi connectivity index (χ0n) is 17.3. The highest BCUT2D eigenvalue weighted by Gasteiger charge is 2.18. The highest BCUT2D eigenvalue weighted by molar-refractivity contribution is 6.01. The summed E-state index contributed by atoms with van der Waals surface area (Å²) in [5.74, 6) is 0.944. The first-order chi connectivity index (χ1) is 14.3. The number of ketones is 1. The number of nitrogens with zero attached hydrogens (tertiary/aromatic N) is 4. The van der Waals surface area contributed by atoms with Crippen LogP contribution in [-0.4, -0.2) is 29.8 Å². The molecule has 148 valence electrons. The molecule has 2 heterocycles. The zero-order valence-corrected chi connectivity index (χ0v) is 17.3. The van der Waals surface area contributed by atoms with Gasteiger partial charge in [-0.05, 0) is 49.7 Å². The van der Waals surface area contributed by atoms with E-state index in [0.717, 1.165) is 28.2 Å². The average Bonchev–Trinajstić information content (AvgIpc) is 2.73. The van der Waals surface area contributed by atoms with Gasteiger partial charge in [-0.3, -0.25) is 10.1 Å². The van der Waals surface area contributed by atoms with Gasteiger partial charge in [-0.2, -0.15) is 5.26 Å². The first-order valence-electron chi connectivity index (χ1n) is 9.28. The fourth-order valence-electron chi connectivity index (χ4n) is 3.16. The molecule has 1 aromatic carbocycles. The number of hydrogen-bond donors (Lipinski definition) is 1. The summed E-state index contributed by atoms with van der Waals surface area (Å²) in [7, 11) is 3.84. The number of aromatic nitrogens is 2. The van der Waals surface area contributed by atoms with Crippen LogP contribution in [0.1, 0.15) is 28.5 Å². The van der Waals surface area contributed by atoms with Gasteiger partial charge in [0, 0.05) is 37.0 Å². The number of benzene rings is 1. The van der Waals surface area contributed by atoms with Crippen molar-refractivity contribution in [2.24, 2.45) is 0 Å². The number of hydrogen-bond acceptors (Lipinski definition) is 6. The minimum atomic E-state index is -0.155. The lowest BCUT2D eigenvalue weighted by atomic mass is 9.95. The number of aryl methyl sites for hydroxylation is 1. The number of rotatable bonds is 5. The second-order valence-corrected chi connectivity index (χ2v) is 7.05. The lowest BCUT2D eigenvalue weighted by molar-refractivity contribution is 0.101. The SMILES string of the molecule is C#CNc1nc(-c2cccc(C#N)c2)c(-c2cc(C)nc(N(C)C)c2)cc1C(C)=O. The van der Waals surface area contributed by atoms with Crippen LogP contribution in [0.3, 0.4) is 0 Å². The number of carbonyl (C=O) groups is 1. The van der Waals surface area contributed by atoms with E-state index in [-0.39, 0.29) is 5.78 Å². The second-order valence-electron chi connectivity index (χ2n) is 7.05. The molecule has 0 radical (unpaired) electrons. The van der Waals surface area contributed by atoms with Gasteiger partial charge >= 0.3 is 0 Å². The topological polar surface area (TPSA) is 81.9 Å². The summed E-state index contributed by atoms with van der Waals surface area (Å²) in [6.07, 6.45) is 5.42. The Labute approximate surface area is 176 Å². The Balaban J connectivity index is 2.38. The van der Waals surface area contributed by atoms with Crippen LogP contribution in [0.15, 0.2) is 42.5 Å². The number of pyridine rings is 2. The average molecular weight is 395 g/mol. The summed E-state index contributed by atoms with van der Waals surface area (Å²) in [5.41, 5.74) is 4.73. The molecule has 0 unspecified atom stereocenters. The fourth-order valence-corrected chi connectivity index (χ4v) is 3.16. The molecule has 6 heteroatoms. The van der Waals surface area contributed by atoms with Crippen molar-refractivity contribution in [1.82, 2.24) is 9.97 Å². The Morgan fingerprint density at radius 3 is 2.53 bits per heavy atom. The highest BCUT2D eigenvalue weighted by Crippen LogP contribution is 2.35.